The lowest BCUT2D eigenvalue weighted by Gasteiger charge is -2.36. The molecule has 6 rings (SSSR count). The summed E-state index contributed by atoms with van der Waals surface area (Å²) in [6, 6.07) is 3.74. The van der Waals surface area contributed by atoms with Crippen LogP contribution < -0.4 is 5.32 Å². The van der Waals surface area contributed by atoms with Gasteiger partial charge in [-0.2, -0.15) is 22.6 Å². The van der Waals surface area contributed by atoms with E-state index < -0.39 is 27.9 Å². The Labute approximate surface area is 301 Å². The standard InChI is InChI=1S/C34H47F3N6O6S2/c1-51(47,48)42-13-10-29-27(21-42)32(24-6-7-28(34(35,36)37)30(18-24)50-22-31(45)38-25-4-2-3-5-25)39-43(29)20-26(44)19-40-11-8-23(9-12-40)33(46)41-14-16-49-17-15-41/h6-7,18,23,25-26,44H,2-5,8-17,19-22H2,1H3,(H,38,45). The summed E-state index contributed by atoms with van der Waals surface area (Å²) in [7, 11) is -3.57. The van der Waals surface area contributed by atoms with Gasteiger partial charge in [0.2, 0.25) is 21.8 Å². The molecule has 2 N–H and O–H groups in total. The number of benzene rings is 1. The van der Waals surface area contributed by atoms with E-state index in [2.05, 4.69) is 10.2 Å². The Kier molecular flexibility index (Phi) is 12.0. The Bertz CT molecular complexity index is 1670. The fourth-order valence-corrected chi connectivity index (χ4v) is 9.30. The third-order valence-electron chi connectivity index (χ3n) is 10.3. The van der Waals surface area contributed by atoms with E-state index in [1.54, 1.807) is 4.68 Å². The number of aliphatic hydroxyl groups is 1. The fourth-order valence-electron chi connectivity index (χ4n) is 7.60. The summed E-state index contributed by atoms with van der Waals surface area (Å²) in [4.78, 5) is 29.5. The molecule has 4 aliphatic rings. The van der Waals surface area contributed by atoms with Gasteiger partial charge in [-0.15, -0.1) is 11.8 Å². The summed E-state index contributed by atoms with van der Waals surface area (Å²) in [5.74, 6) is -0.391. The minimum absolute atomic E-state index is 0.00241. The van der Waals surface area contributed by atoms with Gasteiger partial charge in [-0.25, -0.2) is 8.42 Å². The normalized spacial score (nSPS) is 20.8. The van der Waals surface area contributed by atoms with Crippen molar-refractivity contribution in [2.45, 2.75) is 81.3 Å². The van der Waals surface area contributed by atoms with Gasteiger partial charge >= 0.3 is 6.18 Å². The third kappa shape index (κ3) is 9.46. The number of halogens is 3. The van der Waals surface area contributed by atoms with E-state index in [-0.39, 0.29) is 54.1 Å². The van der Waals surface area contributed by atoms with Gasteiger partial charge in [0.15, 0.2) is 0 Å². The number of sulfonamides is 1. The van der Waals surface area contributed by atoms with Gasteiger partial charge in [0.1, 0.15) is 0 Å². The first kappa shape index (κ1) is 38.0. The van der Waals surface area contributed by atoms with Crippen molar-refractivity contribution in [3.8, 4) is 11.3 Å². The number of nitrogens with zero attached hydrogens (tertiary/aromatic N) is 5. The smallest absolute Gasteiger partial charge is 0.390 e. The van der Waals surface area contributed by atoms with Crippen molar-refractivity contribution >= 4 is 33.6 Å². The number of rotatable bonds is 11. The molecule has 3 fully saturated rings. The molecule has 1 aliphatic carbocycles. The molecule has 3 aliphatic heterocycles. The van der Waals surface area contributed by atoms with Crippen LogP contribution in [0.1, 0.15) is 55.3 Å². The molecule has 17 heteroatoms. The summed E-state index contributed by atoms with van der Waals surface area (Å²) in [5, 5.41) is 18.9. The van der Waals surface area contributed by atoms with Crippen molar-refractivity contribution < 1.29 is 41.0 Å². The van der Waals surface area contributed by atoms with E-state index in [0.29, 0.717) is 82.0 Å². The number of piperidine rings is 1. The monoisotopic (exact) mass is 756 g/mol. The van der Waals surface area contributed by atoms with Gasteiger partial charge < -0.3 is 25.0 Å². The van der Waals surface area contributed by atoms with Crippen molar-refractivity contribution in [3.63, 3.8) is 0 Å². The number of ether oxygens (including phenoxy) is 1. The maximum Gasteiger partial charge on any atom is 0.417 e. The number of fused-ring (bicyclic) bond motifs is 1. The van der Waals surface area contributed by atoms with Crippen LogP contribution in [0.25, 0.3) is 11.3 Å². The molecule has 1 atom stereocenters. The van der Waals surface area contributed by atoms with Gasteiger partial charge in [-0.3, -0.25) is 14.3 Å². The molecule has 2 saturated heterocycles. The summed E-state index contributed by atoms with van der Waals surface area (Å²) in [6.07, 6.45) is 1.10. The highest BCUT2D eigenvalue weighted by Crippen LogP contribution is 2.40. The van der Waals surface area contributed by atoms with E-state index in [1.165, 1.54) is 16.4 Å². The molecule has 1 saturated carbocycles. The van der Waals surface area contributed by atoms with E-state index in [4.69, 9.17) is 9.84 Å². The Morgan fingerprint density at radius 1 is 1.06 bits per heavy atom. The highest BCUT2D eigenvalue weighted by molar-refractivity contribution is 8.00. The lowest BCUT2D eigenvalue weighted by molar-refractivity contribution is -0.141. The van der Waals surface area contributed by atoms with E-state index in [1.807, 2.05) is 4.90 Å². The minimum atomic E-state index is -4.65. The predicted octanol–water partition coefficient (Wildman–Crippen LogP) is 2.97. The first-order valence-corrected chi connectivity index (χ1v) is 20.5. The van der Waals surface area contributed by atoms with Crippen LogP contribution in [0.15, 0.2) is 23.1 Å². The predicted molar refractivity (Wildman–Crippen MR) is 185 cm³/mol. The number of hydrogen-bond acceptors (Lipinski definition) is 9. The number of likely N-dealkylation sites (tertiary alicyclic amines) is 1. The molecule has 51 heavy (non-hydrogen) atoms. The maximum atomic E-state index is 14.1. The molecule has 0 spiro atoms. The van der Waals surface area contributed by atoms with Crippen LogP contribution in [0.3, 0.4) is 0 Å². The number of aromatic nitrogens is 2. The molecule has 1 aromatic heterocycles. The number of carbonyl (C=O) groups is 2. The molecule has 1 aromatic carbocycles. The number of amides is 2. The van der Waals surface area contributed by atoms with Crippen molar-refractivity contribution in [1.29, 1.82) is 0 Å². The molecular formula is C34H47F3N6O6S2. The van der Waals surface area contributed by atoms with Gasteiger partial charge in [0, 0.05) is 72.8 Å². The van der Waals surface area contributed by atoms with Crippen molar-refractivity contribution in [3.05, 3.63) is 35.0 Å². The molecule has 2 amide bonds. The molecule has 1 unspecified atom stereocenters. The second kappa shape index (κ2) is 16.1. The van der Waals surface area contributed by atoms with Gasteiger partial charge in [-0.05, 0) is 50.9 Å². The first-order valence-electron chi connectivity index (χ1n) is 17.7. The Balaban J connectivity index is 1.18. The van der Waals surface area contributed by atoms with Crippen LogP contribution in [0, 0.1) is 5.92 Å². The first-order chi connectivity index (χ1) is 24.3. The van der Waals surface area contributed by atoms with Crippen molar-refractivity contribution in [1.82, 2.24) is 29.2 Å². The highest BCUT2D eigenvalue weighted by atomic mass is 32.2. The quantitative estimate of drug-likeness (QED) is 0.332. The second-order valence-electron chi connectivity index (χ2n) is 14.0. The number of alkyl halides is 3. The van der Waals surface area contributed by atoms with Crippen LogP contribution >= 0.6 is 11.8 Å². The van der Waals surface area contributed by atoms with Crippen LogP contribution in [0.4, 0.5) is 13.2 Å². The molecular weight excluding hydrogens is 710 g/mol. The molecule has 2 aromatic rings. The van der Waals surface area contributed by atoms with Crippen molar-refractivity contribution in [2.75, 3.05) is 64.5 Å². The third-order valence-corrected chi connectivity index (χ3v) is 12.6. The second-order valence-corrected chi connectivity index (χ2v) is 17.0. The molecule has 4 heterocycles. The largest absolute Gasteiger partial charge is 0.417 e. The van der Waals surface area contributed by atoms with E-state index in [9.17, 15) is 36.3 Å². The number of nitrogens with one attached hydrogen (secondary N) is 1. The topological polar surface area (TPSA) is 137 Å². The van der Waals surface area contributed by atoms with Gasteiger partial charge in [-0.1, -0.05) is 18.9 Å². The van der Waals surface area contributed by atoms with Gasteiger partial charge in [0.05, 0.1) is 49.1 Å². The Morgan fingerprint density at radius 2 is 1.76 bits per heavy atom. The average Bonchev–Trinajstić information content (AvgIpc) is 3.74. The van der Waals surface area contributed by atoms with Crippen LogP contribution in [-0.2, 0) is 50.0 Å². The molecule has 12 nitrogen and oxygen atoms in total. The fraction of sp³-hybridized carbons (Fsp3) is 0.676. The molecule has 282 valence electrons. The minimum Gasteiger partial charge on any atom is -0.390 e. The number of carbonyl (C=O) groups excluding carboxylic acids is 2. The van der Waals surface area contributed by atoms with E-state index in [0.717, 1.165) is 55.5 Å². The highest BCUT2D eigenvalue weighted by Gasteiger charge is 2.36. The van der Waals surface area contributed by atoms with Crippen LogP contribution in [-0.4, -0.2) is 126 Å². The number of thioether (sulfide) groups is 1. The lowest BCUT2D eigenvalue weighted by atomic mass is 9.95. The summed E-state index contributed by atoms with van der Waals surface area (Å²) in [6.45, 7) is 4.32. The summed E-state index contributed by atoms with van der Waals surface area (Å²) in [5.41, 5.74) is 1.16. The SMILES string of the molecule is CS(=O)(=O)N1CCc2c(c(-c3ccc(C(F)(F)F)c(SCC(=O)NC4CCCC4)c3)nn2CC(O)CN2CCC(C(=O)N3CCOCC3)CC2)C1. The Hall–Kier alpha value is -2.70. The van der Waals surface area contributed by atoms with Gasteiger partial charge in [0.25, 0.3) is 0 Å². The lowest BCUT2D eigenvalue weighted by Crippen LogP contribution is -2.47. The number of morpholine rings is 1. The number of β-amino-alcohol motifs (C(OH)–C–C–N with tert-alkyl or cyclic N) is 1. The Morgan fingerprint density at radius 3 is 2.43 bits per heavy atom. The number of aliphatic hydroxyl groups excluding tert-OH is 1. The summed E-state index contributed by atoms with van der Waals surface area (Å²) >= 11 is 0.815. The summed E-state index contributed by atoms with van der Waals surface area (Å²) < 4.78 is 75.8. The number of hydrogen-bond donors (Lipinski definition) is 2. The molecule has 0 bridgehead atoms. The zero-order valence-corrected chi connectivity index (χ0v) is 30.5. The molecule has 0 radical (unpaired) electrons. The average molecular weight is 757 g/mol. The zero-order chi connectivity index (χ0) is 36.3. The van der Waals surface area contributed by atoms with E-state index >= 15 is 0 Å². The van der Waals surface area contributed by atoms with Crippen molar-refractivity contribution in [2.24, 2.45) is 5.92 Å². The zero-order valence-electron chi connectivity index (χ0n) is 28.9. The maximum absolute atomic E-state index is 14.1. The van der Waals surface area contributed by atoms with Crippen LogP contribution in [0.2, 0.25) is 0 Å². The van der Waals surface area contributed by atoms with Crippen LogP contribution in [0.5, 0.6) is 0 Å².